The third kappa shape index (κ3) is 3.03. The van der Waals surface area contributed by atoms with Gasteiger partial charge in [0.25, 0.3) is 0 Å². The lowest BCUT2D eigenvalue weighted by atomic mass is 10.1. The molecule has 104 valence electrons. The summed E-state index contributed by atoms with van der Waals surface area (Å²) in [4.78, 5) is 4.95. The van der Waals surface area contributed by atoms with E-state index in [2.05, 4.69) is 46.4 Å². The Labute approximate surface area is 116 Å². The van der Waals surface area contributed by atoms with Gasteiger partial charge in [0.15, 0.2) is 0 Å². The predicted octanol–water partition coefficient (Wildman–Crippen LogP) is 2.79. The highest BCUT2D eigenvalue weighted by molar-refractivity contribution is 5.70. The summed E-state index contributed by atoms with van der Waals surface area (Å²) in [6.07, 6.45) is 5.26. The average molecular weight is 259 g/mol. The number of likely N-dealkylation sites (tertiary alicyclic amines) is 1. The Bertz CT molecular complexity index is 412. The molecule has 3 nitrogen and oxygen atoms in total. The van der Waals surface area contributed by atoms with Crippen molar-refractivity contribution < 1.29 is 0 Å². The van der Waals surface area contributed by atoms with Gasteiger partial charge in [-0.1, -0.05) is 12.1 Å². The first-order valence-electron chi connectivity index (χ1n) is 7.62. The summed E-state index contributed by atoms with van der Waals surface area (Å²) in [5.41, 5.74) is 2.72. The third-order valence-electron chi connectivity index (χ3n) is 4.33. The molecule has 19 heavy (non-hydrogen) atoms. The van der Waals surface area contributed by atoms with Crippen molar-refractivity contribution in [2.75, 3.05) is 43.4 Å². The number of hydrogen-bond donors (Lipinski definition) is 1. The maximum atomic E-state index is 3.77. The largest absolute Gasteiger partial charge is 0.379 e. The highest BCUT2D eigenvalue weighted by Crippen LogP contribution is 2.29. The van der Waals surface area contributed by atoms with Crippen molar-refractivity contribution >= 4 is 11.4 Å². The van der Waals surface area contributed by atoms with Crippen LogP contribution in [0.2, 0.25) is 0 Å². The van der Waals surface area contributed by atoms with E-state index in [0.29, 0.717) is 6.04 Å². The van der Waals surface area contributed by atoms with Gasteiger partial charge in [0.1, 0.15) is 0 Å². The van der Waals surface area contributed by atoms with Crippen molar-refractivity contribution in [2.45, 2.75) is 31.7 Å². The van der Waals surface area contributed by atoms with Gasteiger partial charge in [0, 0.05) is 25.7 Å². The van der Waals surface area contributed by atoms with Gasteiger partial charge in [-0.2, -0.15) is 0 Å². The molecule has 3 rings (SSSR count). The van der Waals surface area contributed by atoms with Crippen LogP contribution in [0.25, 0.3) is 0 Å². The topological polar surface area (TPSA) is 18.5 Å². The van der Waals surface area contributed by atoms with E-state index in [1.54, 1.807) is 0 Å². The number of rotatable bonds is 3. The molecule has 0 saturated carbocycles. The predicted molar refractivity (Wildman–Crippen MR) is 82.0 cm³/mol. The Hall–Kier alpha value is -1.22. The second-order valence-corrected chi connectivity index (χ2v) is 5.96. The van der Waals surface area contributed by atoms with Gasteiger partial charge in [0.05, 0.1) is 11.4 Å². The molecular formula is C16H25N3. The second kappa shape index (κ2) is 5.83. The Morgan fingerprint density at radius 3 is 2.63 bits per heavy atom. The second-order valence-electron chi connectivity index (χ2n) is 5.96. The standard InChI is InChI=1S/C16H25N3/c1-18-10-6-7-14(13-18)17-15-8-2-3-9-16(15)19-11-4-5-12-19/h2-3,8-9,14,17H,4-7,10-13H2,1H3. The summed E-state index contributed by atoms with van der Waals surface area (Å²) >= 11 is 0. The molecule has 0 aliphatic carbocycles. The lowest BCUT2D eigenvalue weighted by Crippen LogP contribution is -2.40. The quantitative estimate of drug-likeness (QED) is 0.900. The van der Waals surface area contributed by atoms with E-state index in [1.165, 1.54) is 56.7 Å². The zero-order valence-corrected chi connectivity index (χ0v) is 11.9. The molecule has 1 atom stereocenters. The van der Waals surface area contributed by atoms with Crippen LogP contribution in [0.5, 0.6) is 0 Å². The van der Waals surface area contributed by atoms with Gasteiger partial charge in [-0.15, -0.1) is 0 Å². The number of anilines is 2. The van der Waals surface area contributed by atoms with Crippen LogP contribution >= 0.6 is 0 Å². The van der Waals surface area contributed by atoms with Crippen LogP contribution in [0, 0.1) is 0 Å². The molecule has 2 aliphatic rings. The molecule has 2 aliphatic heterocycles. The molecule has 0 aromatic heterocycles. The molecule has 1 aromatic rings. The molecule has 0 spiro atoms. The normalized spacial score (nSPS) is 24.7. The lowest BCUT2D eigenvalue weighted by Gasteiger charge is -2.32. The summed E-state index contributed by atoms with van der Waals surface area (Å²) in [7, 11) is 2.22. The fourth-order valence-corrected chi connectivity index (χ4v) is 3.33. The van der Waals surface area contributed by atoms with Gasteiger partial charge in [-0.05, 0) is 51.4 Å². The van der Waals surface area contributed by atoms with E-state index < -0.39 is 0 Å². The minimum absolute atomic E-state index is 0.600. The van der Waals surface area contributed by atoms with Crippen molar-refractivity contribution in [3.05, 3.63) is 24.3 Å². The first-order chi connectivity index (χ1) is 9.33. The molecule has 0 bridgehead atoms. The molecule has 1 unspecified atom stereocenters. The summed E-state index contributed by atoms with van der Waals surface area (Å²) in [6.45, 7) is 4.83. The Morgan fingerprint density at radius 1 is 1.05 bits per heavy atom. The van der Waals surface area contributed by atoms with Gasteiger partial charge in [-0.3, -0.25) is 0 Å². The number of nitrogens with one attached hydrogen (secondary N) is 1. The van der Waals surface area contributed by atoms with Gasteiger partial charge in [-0.25, -0.2) is 0 Å². The molecule has 2 heterocycles. The minimum atomic E-state index is 0.600. The fraction of sp³-hybridized carbons (Fsp3) is 0.625. The molecule has 2 saturated heterocycles. The highest BCUT2D eigenvalue weighted by Gasteiger charge is 2.20. The minimum Gasteiger partial charge on any atom is -0.379 e. The van der Waals surface area contributed by atoms with E-state index in [1.807, 2.05) is 0 Å². The van der Waals surface area contributed by atoms with Crippen molar-refractivity contribution in [3.8, 4) is 0 Å². The fourth-order valence-electron chi connectivity index (χ4n) is 3.33. The summed E-state index contributed by atoms with van der Waals surface area (Å²) in [6, 6.07) is 9.41. The number of nitrogens with zero attached hydrogens (tertiary/aromatic N) is 2. The van der Waals surface area contributed by atoms with Crippen LogP contribution in [0.1, 0.15) is 25.7 Å². The zero-order chi connectivity index (χ0) is 13.1. The van der Waals surface area contributed by atoms with Crippen LogP contribution in [0.3, 0.4) is 0 Å². The van der Waals surface area contributed by atoms with Crippen molar-refractivity contribution in [1.29, 1.82) is 0 Å². The van der Waals surface area contributed by atoms with Crippen molar-refractivity contribution in [1.82, 2.24) is 4.90 Å². The Morgan fingerprint density at radius 2 is 1.84 bits per heavy atom. The molecule has 2 fully saturated rings. The van der Waals surface area contributed by atoms with Crippen LogP contribution in [-0.4, -0.2) is 44.2 Å². The number of para-hydroxylation sites is 2. The summed E-state index contributed by atoms with van der Waals surface area (Å²) in [5.74, 6) is 0. The molecule has 0 amide bonds. The van der Waals surface area contributed by atoms with Crippen LogP contribution in [-0.2, 0) is 0 Å². The van der Waals surface area contributed by atoms with E-state index in [-0.39, 0.29) is 0 Å². The number of piperidine rings is 1. The van der Waals surface area contributed by atoms with E-state index in [0.717, 1.165) is 6.54 Å². The third-order valence-corrected chi connectivity index (χ3v) is 4.33. The average Bonchev–Trinajstić information content (AvgIpc) is 2.93. The smallest absolute Gasteiger partial charge is 0.0602 e. The molecular weight excluding hydrogens is 234 g/mol. The number of hydrogen-bond acceptors (Lipinski definition) is 3. The monoisotopic (exact) mass is 259 g/mol. The Balaban J connectivity index is 1.72. The first-order valence-corrected chi connectivity index (χ1v) is 7.62. The van der Waals surface area contributed by atoms with Crippen LogP contribution in [0.4, 0.5) is 11.4 Å². The molecule has 1 N–H and O–H groups in total. The zero-order valence-electron chi connectivity index (χ0n) is 11.9. The lowest BCUT2D eigenvalue weighted by molar-refractivity contribution is 0.261. The van der Waals surface area contributed by atoms with Gasteiger partial charge >= 0.3 is 0 Å². The molecule has 3 heteroatoms. The highest BCUT2D eigenvalue weighted by atomic mass is 15.2. The maximum absolute atomic E-state index is 3.77. The SMILES string of the molecule is CN1CCCC(Nc2ccccc2N2CCCC2)C1. The van der Waals surface area contributed by atoms with E-state index in [4.69, 9.17) is 0 Å². The Kier molecular flexibility index (Phi) is 3.92. The first kappa shape index (κ1) is 12.8. The van der Waals surface area contributed by atoms with Gasteiger partial charge < -0.3 is 15.1 Å². The molecule has 0 radical (unpaired) electrons. The van der Waals surface area contributed by atoms with E-state index in [9.17, 15) is 0 Å². The summed E-state index contributed by atoms with van der Waals surface area (Å²) in [5, 5.41) is 3.77. The summed E-state index contributed by atoms with van der Waals surface area (Å²) < 4.78 is 0. The van der Waals surface area contributed by atoms with Crippen LogP contribution < -0.4 is 10.2 Å². The number of likely N-dealkylation sites (N-methyl/N-ethyl adjacent to an activating group) is 1. The van der Waals surface area contributed by atoms with Crippen LogP contribution in [0.15, 0.2) is 24.3 Å². The van der Waals surface area contributed by atoms with Crippen molar-refractivity contribution in [2.24, 2.45) is 0 Å². The number of benzene rings is 1. The van der Waals surface area contributed by atoms with Gasteiger partial charge in [0.2, 0.25) is 0 Å². The van der Waals surface area contributed by atoms with E-state index >= 15 is 0 Å². The maximum Gasteiger partial charge on any atom is 0.0602 e. The molecule has 1 aromatic carbocycles. The van der Waals surface area contributed by atoms with Crippen molar-refractivity contribution in [3.63, 3.8) is 0 Å².